The van der Waals surface area contributed by atoms with E-state index >= 15 is 0 Å². The highest BCUT2D eigenvalue weighted by Gasteiger charge is 2.06. The van der Waals surface area contributed by atoms with Crippen LogP contribution >= 0.6 is 11.8 Å². The summed E-state index contributed by atoms with van der Waals surface area (Å²) in [5, 5.41) is 6.72. The third kappa shape index (κ3) is 24.0. The first-order chi connectivity index (χ1) is 11.1. The van der Waals surface area contributed by atoms with Crippen LogP contribution < -0.4 is 33.6 Å². The third-order valence-electron chi connectivity index (χ3n) is 3.07. The molecule has 0 aromatic rings. The molecule has 0 spiro atoms. The summed E-state index contributed by atoms with van der Waals surface area (Å²) in [6.07, 6.45) is 7.27. The standard InChI is InChI=1S/C10H26N4.C5H12N2OS/c11-5-3-9-13-7-1-2-8-14-10-4-6-12;1-9-3-2-4(6)5(7)8/h13-14H,1-12H2;4H,2-3,6H2,1H3,(H2,7,8)/t;4-/m.0/s1. The molecular formula is C15H38N6OS. The van der Waals surface area contributed by atoms with Crippen molar-refractivity contribution in [1.29, 1.82) is 0 Å². The number of carbonyl (C=O) groups is 1. The fourth-order valence-corrected chi connectivity index (χ4v) is 2.08. The molecule has 0 rings (SSSR count). The molecule has 1 atom stereocenters. The summed E-state index contributed by atoms with van der Waals surface area (Å²) in [6, 6.07) is -0.461. The van der Waals surface area contributed by atoms with Crippen molar-refractivity contribution in [2.45, 2.75) is 38.1 Å². The number of hydrogen-bond donors (Lipinski definition) is 6. The van der Waals surface area contributed by atoms with E-state index in [1.54, 1.807) is 11.8 Å². The van der Waals surface area contributed by atoms with Gasteiger partial charge in [0.2, 0.25) is 5.91 Å². The molecule has 0 aliphatic carbocycles. The Labute approximate surface area is 146 Å². The molecule has 0 bridgehead atoms. The van der Waals surface area contributed by atoms with Crippen molar-refractivity contribution in [1.82, 2.24) is 10.6 Å². The molecule has 7 nitrogen and oxygen atoms in total. The molecule has 0 aromatic carbocycles. The lowest BCUT2D eigenvalue weighted by molar-refractivity contribution is -0.119. The van der Waals surface area contributed by atoms with Crippen LogP contribution in [-0.4, -0.2) is 63.2 Å². The Kier molecular flexibility index (Phi) is 23.4. The Bertz CT molecular complexity index is 234. The highest BCUT2D eigenvalue weighted by molar-refractivity contribution is 7.98. The minimum Gasteiger partial charge on any atom is -0.368 e. The molecule has 0 saturated carbocycles. The second kappa shape index (κ2) is 21.6. The summed E-state index contributed by atoms with van der Waals surface area (Å²) in [7, 11) is 0. The van der Waals surface area contributed by atoms with Gasteiger partial charge in [0.25, 0.3) is 0 Å². The van der Waals surface area contributed by atoms with Crippen molar-refractivity contribution in [3.8, 4) is 0 Å². The molecule has 0 fully saturated rings. The lowest BCUT2D eigenvalue weighted by Gasteiger charge is -2.04. The zero-order valence-electron chi connectivity index (χ0n) is 14.7. The second-order valence-electron chi connectivity index (χ2n) is 5.28. The molecule has 0 unspecified atom stereocenters. The molecule has 0 aliphatic rings. The normalized spacial score (nSPS) is 11.7. The van der Waals surface area contributed by atoms with Crippen molar-refractivity contribution in [3.05, 3.63) is 0 Å². The molecule has 8 heteroatoms. The van der Waals surface area contributed by atoms with Gasteiger partial charge < -0.3 is 33.6 Å². The fourth-order valence-electron chi connectivity index (χ4n) is 1.59. The van der Waals surface area contributed by atoms with Crippen LogP contribution in [-0.2, 0) is 4.79 Å². The van der Waals surface area contributed by atoms with Gasteiger partial charge in [-0.2, -0.15) is 11.8 Å². The van der Waals surface area contributed by atoms with Crippen LogP contribution in [0.4, 0.5) is 0 Å². The van der Waals surface area contributed by atoms with E-state index < -0.39 is 11.9 Å². The van der Waals surface area contributed by atoms with Crippen LogP contribution in [0.15, 0.2) is 0 Å². The Hall–Kier alpha value is -0.380. The predicted octanol–water partition coefficient (Wildman–Crippen LogP) is -0.804. The van der Waals surface area contributed by atoms with Crippen LogP contribution in [0.3, 0.4) is 0 Å². The van der Waals surface area contributed by atoms with Gasteiger partial charge in [-0.25, -0.2) is 0 Å². The average Bonchev–Trinajstić information content (AvgIpc) is 2.55. The largest absolute Gasteiger partial charge is 0.368 e. The molecule has 0 heterocycles. The quantitative estimate of drug-likeness (QED) is 0.212. The number of primary amides is 1. The summed E-state index contributed by atoms with van der Waals surface area (Å²) in [5.74, 6) is 0.480. The minimum atomic E-state index is -0.461. The molecule has 0 aliphatic heterocycles. The molecule has 0 aromatic heterocycles. The Balaban J connectivity index is 0. The molecular weight excluding hydrogens is 312 g/mol. The van der Waals surface area contributed by atoms with Crippen molar-refractivity contribution >= 4 is 17.7 Å². The van der Waals surface area contributed by atoms with E-state index in [1.165, 1.54) is 12.8 Å². The fraction of sp³-hybridized carbons (Fsp3) is 0.933. The number of amides is 1. The maximum atomic E-state index is 10.3. The van der Waals surface area contributed by atoms with E-state index in [4.69, 9.17) is 22.9 Å². The van der Waals surface area contributed by atoms with Gasteiger partial charge in [0.1, 0.15) is 0 Å². The highest BCUT2D eigenvalue weighted by atomic mass is 32.2. The number of rotatable bonds is 15. The van der Waals surface area contributed by atoms with Crippen molar-refractivity contribution in [2.24, 2.45) is 22.9 Å². The van der Waals surface area contributed by atoms with Crippen molar-refractivity contribution in [2.75, 3.05) is 51.3 Å². The van der Waals surface area contributed by atoms with Gasteiger partial charge in [-0.1, -0.05) is 0 Å². The topological polar surface area (TPSA) is 145 Å². The van der Waals surface area contributed by atoms with Gasteiger partial charge in [0, 0.05) is 0 Å². The molecule has 140 valence electrons. The molecule has 0 saturated heterocycles. The van der Waals surface area contributed by atoms with Gasteiger partial charge in [-0.15, -0.1) is 0 Å². The zero-order valence-corrected chi connectivity index (χ0v) is 15.5. The van der Waals surface area contributed by atoms with Crippen LogP contribution in [0, 0.1) is 0 Å². The molecule has 0 radical (unpaired) electrons. The highest BCUT2D eigenvalue weighted by Crippen LogP contribution is 1.97. The van der Waals surface area contributed by atoms with E-state index in [2.05, 4.69) is 10.6 Å². The van der Waals surface area contributed by atoms with Gasteiger partial charge in [-0.05, 0) is 83.4 Å². The number of unbranched alkanes of at least 4 members (excludes halogenated alkanes) is 1. The molecule has 10 N–H and O–H groups in total. The van der Waals surface area contributed by atoms with Crippen LogP contribution in [0.2, 0.25) is 0 Å². The Morgan fingerprint density at radius 1 is 0.957 bits per heavy atom. The summed E-state index contributed by atoms with van der Waals surface area (Å²) < 4.78 is 0. The number of hydrogen-bond acceptors (Lipinski definition) is 7. The van der Waals surface area contributed by atoms with Crippen LogP contribution in [0.5, 0.6) is 0 Å². The summed E-state index contributed by atoms with van der Waals surface area (Å²) in [6.45, 7) is 5.90. The van der Waals surface area contributed by atoms with Gasteiger partial charge in [0.05, 0.1) is 6.04 Å². The third-order valence-corrected chi connectivity index (χ3v) is 3.71. The lowest BCUT2D eigenvalue weighted by atomic mass is 10.2. The van der Waals surface area contributed by atoms with Crippen LogP contribution in [0.25, 0.3) is 0 Å². The van der Waals surface area contributed by atoms with E-state index in [0.717, 1.165) is 57.9 Å². The van der Waals surface area contributed by atoms with Crippen molar-refractivity contribution < 1.29 is 4.79 Å². The maximum absolute atomic E-state index is 10.3. The smallest absolute Gasteiger partial charge is 0.234 e. The first-order valence-electron chi connectivity index (χ1n) is 8.45. The second-order valence-corrected chi connectivity index (χ2v) is 6.27. The van der Waals surface area contributed by atoms with E-state index in [0.29, 0.717) is 6.42 Å². The molecule has 23 heavy (non-hydrogen) atoms. The number of nitrogens with one attached hydrogen (secondary N) is 2. The summed E-state index contributed by atoms with van der Waals surface area (Å²) in [4.78, 5) is 10.3. The summed E-state index contributed by atoms with van der Waals surface area (Å²) in [5.41, 5.74) is 21.0. The monoisotopic (exact) mass is 350 g/mol. The van der Waals surface area contributed by atoms with Gasteiger partial charge in [-0.3, -0.25) is 4.79 Å². The van der Waals surface area contributed by atoms with E-state index in [-0.39, 0.29) is 0 Å². The first-order valence-corrected chi connectivity index (χ1v) is 9.84. The van der Waals surface area contributed by atoms with Crippen molar-refractivity contribution in [3.63, 3.8) is 0 Å². The number of thioether (sulfide) groups is 1. The SMILES string of the molecule is CSCC[C@H](N)C(N)=O.NCCCNCCCCNCCCN. The zero-order chi connectivity index (χ0) is 17.8. The van der Waals surface area contributed by atoms with Gasteiger partial charge in [0.15, 0.2) is 0 Å². The first kappa shape index (κ1) is 24.9. The number of nitrogens with two attached hydrogens (primary N) is 4. The lowest BCUT2D eigenvalue weighted by Crippen LogP contribution is -2.36. The van der Waals surface area contributed by atoms with Gasteiger partial charge >= 0.3 is 0 Å². The number of carbonyl (C=O) groups excluding carboxylic acids is 1. The summed E-state index contributed by atoms with van der Waals surface area (Å²) >= 11 is 1.66. The average molecular weight is 351 g/mol. The predicted molar refractivity (Wildman–Crippen MR) is 102 cm³/mol. The van der Waals surface area contributed by atoms with E-state index in [1.807, 2.05) is 6.26 Å². The molecule has 1 amide bonds. The Morgan fingerprint density at radius 3 is 1.74 bits per heavy atom. The minimum absolute atomic E-state index is 0.413. The van der Waals surface area contributed by atoms with E-state index in [9.17, 15) is 4.79 Å². The Morgan fingerprint density at radius 2 is 1.39 bits per heavy atom. The van der Waals surface area contributed by atoms with Crippen LogP contribution in [0.1, 0.15) is 32.1 Å². The maximum Gasteiger partial charge on any atom is 0.234 e.